The summed E-state index contributed by atoms with van der Waals surface area (Å²) in [6.07, 6.45) is 1.09. The fourth-order valence-electron chi connectivity index (χ4n) is 3.13. The molecule has 2 heterocycles. The van der Waals surface area contributed by atoms with E-state index >= 15 is 0 Å². The van der Waals surface area contributed by atoms with Crippen LogP contribution in [0.5, 0.6) is 0 Å². The molecule has 0 aliphatic carbocycles. The highest BCUT2D eigenvalue weighted by molar-refractivity contribution is 5.82. The fourth-order valence-corrected chi connectivity index (χ4v) is 3.13. The van der Waals surface area contributed by atoms with Gasteiger partial charge in [0.25, 0.3) is 0 Å². The normalized spacial score (nSPS) is 23.6. The molecule has 0 saturated carbocycles. The molecule has 3 rings (SSSR count). The lowest BCUT2D eigenvalue weighted by Gasteiger charge is -2.34. The van der Waals surface area contributed by atoms with Gasteiger partial charge in [-0.25, -0.2) is 0 Å². The van der Waals surface area contributed by atoms with Crippen LogP contribution in [-0.2, 0) is 22.5 Å². The Bertz CT molecular complexity index is 514. The number of fused-ring (bicyclic) bond motifs is 1. The predicted molar refractivity (Wildman–Crippen MR) is 85.6 cm³/mol. The minimum Gasteiger partial charge on any atom is -0.378 e. The van der Waals surface area contributed by atoms with Crippen molar-refractivity contribution in [1.82, 2.24) is 15.5 Å². The second-order valence-electron chi connectivity index (χ2n) is 6.16. The monoisotopic (exact) mass is 303 g/mol. The van der Waals surface area contributed by atoms with Gasteiger partial charge in [-0.1, -0.05) is 24.3 Å². The van der Waals surface area contributed by atoms with E-state index in [1.165, 1.54) is 11.1 Å². The van der Waals surface area contributed by atoms with Crippen molar-refractivity contribution in [2.24, 2.45) is 0 Å². The maximum Gasteiger partial charge on any atom is 0.239 e. The maximum atomic E-state index is 12.1. The molecule has 2 aliphatic rings. The van der Waals surface area contributed by atoms with E-state index in [9.17, 15) is 4.79 Å². The largest absolute Gasteiger partial charge is 0.378 e. The van der Waals surface area contributed by atoms with Gasteiger partial charge >= 0.3 is 0 Å². The predicted octanol–water partition coefficient (Wildman–Crippen LogP) is 0.538. The molecule has 0 spiro atoms. The molecule has 0 radical (unpaired) electrons. The topological polar surface area (TPSA) is 53.6 Å². The molecule has 2 aliphatic heterocycles. The molecule has 5 heteroatoms. The SMILES string of the molecule is CC(CNC(=O)C1COCCN1)N1CCc2ccccc2C1. The van der Waals surface area contributed by atoms with Crippen LogP contribution in [0.25, 0.3) is 0 Å². The van der Waals surface area contributed by atoms with Gasteiger partial charge in [0.05, 0.1) is 13.2 Å². The molecule has 1 amide bonds. The van der Waals surface area contributed by atoms with Gasteiger partial charge in [-0.15, -0.1) is 0 Å². The van der Waals surface area contributed by atoms with Crippen LogP contribution in [0.2, 0.25) is 0 Å². The van der Waals surface area contributed by atoms with E-state index < -0.39 is 0 Å². The van der Waals surface area contributed by atoms with Gasteiger partial charge in [-0.3, -0.25) is 9.69 Å². The molecule has 2 atom stereocenters. The Labute approximate surface area is 132 Å². The molecule has 1 aromatic carbocycles. The first-order valence-corrected chi connectivity index (χ1v) is 8.13. The quantitative estimate of drug-likeness (QED) is 0.852. The zero-order valence-electron chi connectivity index (χ0n) is 13.2. The summed E-state index contributed by atoms with van der Waals surface area (Å²) in [5.41, 5.74) is 2.87. The highest BCUT2D eigenvalue weighted by Gasteiger charge is 2.24. The van der Waals surface area contributed by atoms with Gasteiger partial charge in [0.2, 0.25) is 5.91 Å². The number of amides is 1. The van der Waals surface area contributed by atoms with E-state index in [2.05, 4.69) is 46.7 Å². The van der Waals surface area contributed by atoms with Crippen LogP contribution in [0, 0.1) is 0 Å². The molecule has 2 N–H and O–H groups in total. The smallest absolute Gasteiger partial charge is 0.239 e. The van der Waals surface area contributed by atoms with E-state index in [4.69, 9.17) is 4.74 Å². The van der Waals surface area contributed by atoms with Crippen molar-refractivity contribution in [2.45, 2.75) is 32.0 Å². The number of carbonyl (C=O) groups is 1. The van der Waals surface area contributed by atoms with Gasteiger partial charge in [0, 0.05) is 32.2 Å². The molecule has 120 valence electrons. The van der Waals surface area contributed by atoms with Crippen molar-refractivity contribution in [3.05, 3.63) is 35.4 Å². The first-order valence-electron chi connectivity index (χ1n) is 8.13. The number of nitrogens with one attached hydrogen (secondary N) is 2. The third kappa shape index (κ3) is 3.66. The van der Waals surface area contributed by atoms with E-state index in [1.807, 2.05) is 0 Å². The second-order valence-corrected chi connectivity index (χ2v) is 6.16. The summed E-state index contributed by atoms with van der Waals surface area (Å²) >= 11 is 0. The van der Waals surface area contributed by atoms with Crippen LogP contribution in [0.4, 0.5) is 0 Å². The summed E-state index contributed by atoms with van der Waals surface area (Å²) < 4.78 is 5.33. The minimum atomic E-state index is -0.206. The number of carbonyl (C=O) groups excluding carboxylic acids is 1. The molecule has 0 aromatic heterocycles. The standard InChI is InChI=1S/C17H25N3O2/c1-13(10-19-17(21)16-12-22-9-7-18-16)20-8-6-14-4-2-3-5-15(14)11-20/h2-5,13,16,18H,6-12H2,1H3,(H,19,21). The van der Waals surface area contributed by atoms with Gasteiger partial charge in [-0.05, 0) is 24.5 Å². The summed E-state index contributed by atoms with van der Waals surface area (Å²) in [5, 5.41) is 6.23. The fraction of sp³-hybridized carbons (Fsp3) is 0.588. The van der Waals surface area contributed by atoms with Gasteiger partial charge < -0.3 is 15.4 Å². The Morgan fingerprint density at radius 1 is 1.45 bits per heavy atom. The highest BCUT2D eigenvalue weighted by atomic mass is 16.5. The summed E-state index contributed by atoms with van der Waals surface area (Å²) in [5.74, 6) is 0.0453. The number of benzene rings is 1. The van der Waals surface area contributed by atoms with E-state index in [1.54, 1.807) is 0 Å². The summed E-state index contributed by atoms with van der Waals surface area (Å²) in [6.45, 7) is 6.79. The number of rotatable bonds is 4. The number of hydrogen-bond acceptors (Lipinski definition) is 4. The lowest BCUT2D eigenvalue weighted by molar-refractivity contribution is -0.126. The van der Waals surface area contributed by atoms with E-state index in [0.29, 0.717) is 25.8 Å². The lowest BCUT2D eigenvalue weighted by atomic mass is 9.99. The van der Waals surface area contributed by atoms with E-state index in [-0.39, 0.29) is 11.9 Å². The van der Waals surface area contributed by atoms with Crippen LogP contribution < -0.4 is 10.6 Å². The molecular weight excluding hydrogens is 278 g/mol. The third-order valence-electron chi connectivity index (χ3n) is 4.59. The molecule has 1 fully saturated rings. The molecule has 22 heavy (non-hydrogen) atoms. The number of morpholine rings is 1. The number of nitrogens with zero attached hydrogens (tertiary/aromatic N) is 1. The average Bonchev–Trinajstić information content (AvgIpc) is 2.59. The van der Waals surface area contributed by atoms with Crippen LogP contribution in [0.15, 0.2) is 24.3 Å². The van der Waals surface area contributed by atoms with Gasteiger partial charge in [-0.2, -0.15) is 0 Å². The van der Waals surface area contributed by atoms with Crippen molar-refractivity contribution in [3.8, 4) is 0 Å². The van der Waals surface area contributed by atoms with Crippen molar-refractivity contribution >= 4 is 5.91 Å². The van der Waals surface area contributed by atoms with Crippen LogP contribution in [0.1, 0.15) is 18.1 Å². The zero-order valence-corrected chi connectivity index (χ0v) is 13.2. The van der Waals surface area contributed by atoms with Gasteiger partial charge in [0.1, 0.15) is 6.04 Å². The van der Waals surface area contributed by atoms with Crippen LogP contribution in [-0.4, -0.2) is 55.7 Å². The highest BCUT2D eigenvalue weighted by Crippen LogP contribution is 2.19. The third-order valence-corrected chi connectivity index (χ3v) is 4.59. The first kappa shape index (κ1) is 15.5. The molecule has 1 aromatic rings. The summed E-state index contributed by atoms with van der Waals surface area (Å²) in [7, 11) is 0. The molecule has 5 nitrogen and oxygen atoms in total. The Kier molecular flexibility index (Phi) is 5.08. The summed E-state index contributed by atoms with van der Waals surface area (Å²) in [4.78, 5) is 14.5. The van der Waals surface area contributed by atoms with Crippen molar-refractivity contribution in [3.63, 3.8) is 0 Å². The average molecular weight is 303 g/mol. The number of ether oxygens (including phenoxy) is 1. The van der Waals surface area contributed by atoms with Crippen LogP contribution >= 0.6 is 0 Å². The molecule has 1 saturated heterocycles. The van der Waals surface area contributed by atoms with E-state index in [0.717, 1.165) is 26.1 Å². The maximum absolute atomic E-state index is 12.1. The van der Waals surface area contributed by atoms with Gasteiger partial charge in [0.15, 0.2) is 0 Å². The zero-order chi connectivity index (χ0) is 15.4. The van der Waals surface area contributed by atoms with Crippen molar-refractivity contribution in [2.75, 3.05) is 32.8 Å². The molecular formula is C17H25N3O2. The first-order chi connectivity index (χ1) is 10.7. The lowest BCUT2D eigenvalue weighted by Crippen LogP contribution is -2.53. The Morgan fingerprint density at radius 2 is 2.27 bits per heavy atom. The van der Waals surface area contributed by atoms with Crippen molar-refractivity contribution in [1.29, 1.82) is 0 Å². The number of hydrogen-bond donors (Lipinski definition) is 2. The second kappa shape index (κ2) is 7.22. The van der Waals surface area contributed by atoms with Crippen molar-refractivity contribution < 1.29 is 9.53 Å². The Hall–Kier alpha value is -1.43. The minimum absolute atomic E-state index is 0.0453. The van der Waals surface area contributed by atoms with Crippen LogP contribution in [0.3, 0.4) is 0 Å². The Balaban J connectivity index is 1.48. The Morgan fingerprint density at radius 3 is 3.05 bits per heavy atom. The summed E-state index contributed by atoms with van der Waals surface area (Å²) in [6, 6.07) is 8.76. The molecule has 0 bridgehead atoms. The molecule has 2 unspecified atom stereocenters.